The molecule has 0 spiro atoms. The van der Waals surface area contributed by atoms with Gasteiger partial charge in [0.2, 0.25) is 0 Å². The molecule has 0 heterocycles. The zero-order valence-electron chi connectivity index (χ0n) is 24.4. The molecule has 8 heteroatoms. The number of aliphatic hydroxyl groups excluding tert-OH is 2. The summed E-state index contributed by atoms with van der Waals surface area (Å²) in [6.45, 7) is 9.39. The summed E-state index contributed by atoms with van der Waals surface area (Å²) in [4.78, 5) is 36.3. The van der Waals surface area contributed by atoms with E-state index in [1.807, 2.05) is 42.5 Å². The Bertz CT molecular complexity index is 1680. The van der Waals surface area contributed by atoms with Crippen molar-refractivity contribution in [2.45, 2.75) is 13.8 Å². The molecule has 1 atom stereocenters. The average molecular weight is 593 g/mol. The Morgan fingerprint density at radius 1 is 0.659 bits per heavy atom. The zero-order chi connectivity index (χ0) is 31.8. The van der Waals surface area contributed by atoms with E-state index in [2.05, 4.69) is 13.2 Å². The molecule has 0 bridgehead atoms. The summed E-state index contributed by atoms with van der Waals surface area (Å²) in [5.41, 5.74) is 5.17. The molecule has 44 heavy (non-hydrogen) atoms. The second-order valence-electron chi connectivity index (χ2n) is 10.2. The third kappa shape index (κ3) is 7.74. The highest BCUT2D eigenvalue weighted by Crippen LogP contribution is 2.36. The van der Waals surface area contributed by atoms with Gasteiger partial charge in [0.15, 0.2) is 0 Å². The highest BCUT2D eigenvalue weighted by Gasteiger charge is 2.18. The van der Waals surface area contributed by atoms with Crippen molar-refractivity contribution in [1.29, 1.82) is 0 Å². The van der Waals surface area contributed by atoms with Gasteiger partial charge in [-0.2, -0.15) is 0 Å². The quantitative estimate of drug-likeness (QED) is 0.121. The molecular weight excluding hydrogens is 560 g/mol. The summed E-state index contributed by atoms with van der Waals surface area (Å²) < 4.78 is 16.2. The lowest BCUT2D eigenvalue weighted by molar-refractivity contribution is -0.139. The first-order valence-electron chi connectivity index (χ1n) is 13.8. The second-order valence-corrected chi connectivity index (χ2v) is 10.2. The molecular formula is C36H32O8. The predicted molar refractivity (Wildman–Crippen MR) is 167 cm³/mol. The van der Waals surface area contributed by atoms with Crippen LogP contribution < -0.4 is 14.2 Å². The van der Waals surface area contributed by atoms with Gasteiger partial charge in [0, 0.05) is 11.1 Å². The van der Waals surface area contributed by atoms with Crippen molar-refractivity contribution in [3.63, 3.8) is 0 Å². The molecule has 8 nitrogen and oxygen atoms in total. The molecule has 0 radical (unpaired) electrons. The van der Waals surface area contributed by atoms with E-state index in [0.29, 0.717) is 28.4 Å². The van der Waals surface area contributed by atoms with Gasteiger partial charge in [-0.05, 0) is 78.1 Å². The fourth-order valence-electron chi connectivity index (χ4n) is 4.02. The molecule has 4 aromatic carbocycles. The number of hydrogen-bond donors (Lipinski definition) is 2. The number of hydrogen-bond acceptors (Lipinski definition) is 8. The molecule has 0 amide bonds. The maximum Gasteiger partial charge on any atom is 0.341 e. The highest BCUT2D eigenvalue weighted by atomic mass is 16.5. The predicted octanol–water partition coefficient (Wildman–Crippen LogP) is 6.16. The van der Waals surface area contributed by atoms with E-state index in [1.54, 1.807) is 62.4 Å². The molecule has 0 aliphatic rings. The number of rotatable bonds is 11. The Kier molecular flexibility index (Phi) is 10.2. The molecule has 0 saturated carbocycles. The van der Waals surface area contributed by atoms with Gasteiger partial charge in [0.25, 0.3) is 0 Å². The molecule has 0 saturated heterocycles. The molecule has 0 aromatic heterocycles. The number of aliphatic hydroxyl groups is 2. The van der Waals surface area contributed by atoms with Gasteiger partial charge in [0.05, 0.1) is 24.7 Å². The third-order valence-corrected chi connectivity index (χ3v) is 6.69. The summed E-state index contributed by atoms with van der Waals surface area (Å²) in [5, 5.41) is 18.5. The van der Waals surface area contributed by atoms with Crippen molar-refractivity contribution < 1.29 is 38.8 Å². The summed E-state index contributed by atoms with van der Waals surface area (Å²) in [6, 6.07) is 27.0. The van der Waals surface area contributed by atoms with Gasteiger partial charge in [-0.3, -0.25) is 4.79 Å². The first kappa shape index (κ1) is 31.6. The van der Waals surface area contributed by atoms with Crippen molar-refractivity contribution in [3.8, 4) is 50.6 Å². The van der Waals surface area contributed by atoms with E-state index in [1.165, 1.54) is 0 Å². The van der Waals surface area contributed by atoms with E-state index in [-0.39, 0.29) is 12.2 Å². The topological polar surface area (TPSA) is 119 Å². The standard InChI is InChI=1S/C36H32O8/c1-22(2)34(39)42-30-14-9-26(10-15-30)25-5-7-28(8-6-25)32-19-29(13-18-33(32)44-36(41)24(4)21-38)27-11-16-31(17-12-27)43-35(40)23(3)20-37/h5-19,24,37-38H,1,3,20-21H2,2,4H3. The van der Waals surface area contributed by atoms with Crippen molar-refractivity contribution in [2.24, 2.45) is 5.92 Å². The summed E-state index contributed by atoms with van der Waals surface area (Å²) in [5.74, 6) is -1.39. The third-order valence-electron chi connectivity index (χ3n) is 6.69. The fraction of sp³-hybridized carbons (Fsp3) is 0.139. The number of carbonyl (C=O) groups excluding carboxylic acids is 3. The van der Waals surface area contributed by atoms with Crippen LogP contribution in [0.4, 0.5) is 0 Å². The van der Waals surface area contributed by atoms with Crippen LogP contribution in [0.2, 0.25) is 0 Å². The van der Waals surface area contributed by atoms with Crippen LogP contribution >= 0.6 is 0 Å². The van der Waals surface area contributed by atoms with E-state index < -0.39 is 30.4 Å². The molecule has 1 unspecified atom stereocenters. The zero-order valence-corrected chi connectivity index (χ0v) is 24.4. The SMILES string of the molecule is C=C(C)C(=O)Oc1ccc(-c2ccc(-c3cc(-c4ccc(OC(=O)C(=C)CO)cc4)ccc3OC(=O)C(C)CO)cc2)cc1. The summed E-state index contributed by atoms with van der Waals surface area (Å²) in [6.07, 6.45) is 0. The lowest BCUT2D eigenvalue weighted by Crippen LogP contribution is -2.21. The van der Waals surface area contributed by atoms with E-state index in [9.17, 15) is 19.5 Å². The summed E-state index contributed by atoms with van der Waals surface area (Å²) >= 11 is 0. The van der Waals surface area contributed by atoms with E-state index in [0.717, 1.165) is 27.8 Å². The van der Waals surface area contributed by atoms with Crippen molar-refractivity contribution in [3.05, 3.63) is 115 Å². The van der Waals surface area contributed by atoms with Crippen LogP contribution in [0.25, 0.3) is 33.4 Å². The Hall–Kier alpha value is -5.31. The lowest BCUT2D eigenvalue weighted by Gasteiger charge is -2.15. The largest absolute Gasteiger partial charge is 0.426 e. The van der Waals surface area contributed by atoms with Crippen molar-refractivity contribution >= 4 is 17.9 Å². The fourth-order valence-corrected chi connectivity index (χ4v) is 4.02. The first-order valence-corrected chi connectivity index (χ1v) is 13.8. The van der Waals surface area contributed by atoms with Gasteiger partial charge in [-0.1, -0.05) is 67.8 Å². The molecule has 0 fully saturated rings. The maximum absolute atomic E-state index is 12.6. The Balaban J connectivity index is 1.63. The van der Waals surface area contributed by atoms with Crippen LogP contribution in [0.3, 0.4) is 0 Å². The molecule has 224 valence electrons. The van der Waals surface area contributed by atoms with Gasteiger partial charge < -0.3 is 24.4 Å². The first-order chi connectivity index (χ1) is 21.1. The summed E-state index contributed by atoms with van der Waals surface area (Å²) in [7, 11) is 0. The average Bonchev–Trinajstić information content (AvgIpc) is 3.04. The second kappa shape index (κ2) is 14.2. The van der Waals surface area contributed by atoms with Crippen molar-refractivity contribution in [2.75, 3.05) is 13.2 Å². The highest BCUT2D eigenvalue weighted by molar-refractivity contribution is 5.90. The molecule has 0 aliphatic heterocycles. The Morgan fingerprint density at radius 3 is 1.61 bits per heavy atom. The number of esters is 3. The van der Waals surface area contributed by atoms with Crippen LogP contribution in [-0.2, 0) is 14.4 Å². The molecule has 2 N–H and O–H groups in total. The Labute approximate surface area is 255 Å². The Morgan fingerprint density at radius 2 is 1.11 bits per heavy atom. The molecule has 0 aliphatic carbocycles. The minimum Gasteiger partial charge on any atom is -0.426 e. The van der Waals surface area contributed by atoms with Gasteiger partial charge in [0.1, 0.15) is 17.2 Å². The van der Waals surface area contributed by atoms with Crippen LogP contribution in [0.1, 0.15) is 13.8 Å². The normalized spacial score (nSPS) is 11.3. The maximum atomic E-state index is 12.6. The number of ether oxygens (including phenoxy) is 3. The minimum absolute atomic E-state index is 0.0495. The lowest BCUT2D eigenvalue weighted by atomic mass is 9.96. The number of carbonyl (C=O) groups is 3. The van der Waals surface area contributed by atoms with Crippen LogP contribution in [0.15, 0.2) is 115 Å². The van der Waals surface area contributed by atoms with Gasteiger partial charge >= 0.3 is 17.9 Å². The van der Waals surface area contributed by atoms with E-state index >= 15 is 0 Å². The van der Waals surface area contributed by atoms with E-state index in [4.69, 9.17) is 19.3 Å². The monoisotopic (exact) mass is 592 g/mol. The van der Waals surface area contributed by atoms with Gasteiger partial charge in [-0.15, -0.1) is 0 Å². The van der Waals surface area contributed by atoms with Gasteiger partial charge in [-0.25, -0.2) is 9.59 Å². The van der Waals surface area contributed by atoms with Crippen molar-refractivity contribution in [1.82, 2.24) is 0 Å². The molecule has 4 aromatic rings. The minimum atomic E-state index is -0.712. The van der Waals surface area contributed by atoms with Crippen LogP contribution in [-0.4, -0.2) is 41.3 Å². The van der Waals surface area contributed by atoms with Crippen LogP contribution in [0, 0.1) is 5.92 Å². The van der Waals surface area contributed by atoms with Crippen LogP contribution in [0.5, 0.6) is 17.2 Å². The number of benzene rings is 4. The molecule has 4 rings (SSSR count). The smallest absolute Gasteiger partial charge is 0.341 e.